The topological polar surface area (TPSA) is 123 Å². The van der Waals surface area contributed by atoms with Crippen LogP contribution in [0, 0.1) is 0 Å². The van der Waals surface area contributed by atoms with E-state index in [-0.39, 0.29) is 74.0 Å². The molecule has 0 fully saturated rings. The van der Waals surface area contributed by atoms with Gasteiger partial charge in [-0.25, -0.2) is 0 Å². The van der Waals surface area contributed by atoms with Gasteiger partial charge in [-0.1, -0.05) is 0 Å². The molecule has 4 amide bonds. The maximum Gasteiger partial charge on any atom is 0.234 e. The Morgan fingerprint density at radius 2 is 0.656 bits per heavy atom. The lowest BCUT2D eigenvalue weighted by atomic mass is 10.3. The normalized spacial score (nSPS) is 11.6. The van der Waals surface area contributed by atoms with E-state index < -0.39 is 0 Å². The first-order chi connectivity index (χ1) is 14.8. The molecule has 0 aliphatic rings. The van der Waals surface area contributed by atoms with E-state index in [0.717, 1.165) is 0 Å². The van der Waals surface area contributed by atoms with Crippen LogP contribution in [0.2, 0.25) is 0 Å². The molecule has 0 heterocycles. The third kappa shape index (κ3) is 16.5. The quantitative estimate of drug-likeness (QED) is 0.268. The molecule has 0 radical (unpaired) electrons. The van der Waals surface area contributed by atoms with E-state index in [1.165, 1.54) is 0 Å². The van der Waals surface area contributed by atoms with Gasteiger partial charge in [0.05, 0.1) is 26.2 Å². The van der Waals surface area contributed by atoms with Crippen LogP contribution in [-0.4, -0.2) is 96.9 Å². The molecule has 10 heteroatoms. The van der Waals surface area contributed by atoms with E-state index in [1.807, 2.05) is 55.4 Å². The molecule has 32 heavy (non-hydrogen) atoms. The molecule has 186 valence electrons. The summed E-state index contributed by atoms with van der Waals surface area (Å²) in [6.07, 6.45) is 0. The van der Waals surface area contributed by atoms with Crippen molar-refractivity contribution in [3.8, 4) is 0 Å². The summed E-state index contributed by atoms with van der Waals surface area (Å²) in [6.45, 7) is 15.9. The van der Waals surface area contributed by atoms with E-state index >= 15 is 0 Å². The Kier molecular flexibility index (Phi) is 14.5. The number of rotatable bonds is 15. The van der Waals surface area contributed by atoms with Gasteiger partial charge in [0.1, 0.15) is 0 Å². The molecular formula is C22H44N6O4. The number of nitrogens with zero attached hydrogens (tertiary/aromatic N) is 2. The molecule has 0 aromatic carbocycles. The van der Waals surface area contributed by atoms with Gasteiger partial charge < -0.3 is 21.3 Å². The van der Waals surface area contributed by atoms with Crippen molar-refractivity contribution in [2.24, 2.45) is 0 Å². The van der Waals surface area contributed by atoms with Crippen LogP contribution in [0.1, 0.15) is 55.4 Å². The van der Waals surface area contributed by atoms with Crippen molar-refractivity contribution >= 4 is 23.6 Å². The molecule has 0 rings (SSSR count). The Balaban J connectivity index is 5.23. The van der Waals surface area contributed by atoms with Gasteiger partial charge in [0, 0.05) is 37.3 Å². The lowest BCUT2D eigenvalue weighted by Crippen LogP contribution is -2.50. The molecule has 0 saturated carbocycles. The molecule has 0 spiro atoms. The van der Waals surface area contributed by atoms with Crippen LogP contribution < -0.4 is 21.3 Å². The summed E-state index contributed by atoms with van der Waals surface area (Å²) in [5, 5.41) is 11.3. The van der Waals surface area contributed by atoms with E-state index in [4.69, 9.17) is 0 Å². The van der Waals surface area contributed by atoms with Gasteiger partial charge in [-0.15, -0.1) is 0 Å². The number of carbonyl (C=O) groups is 4. The lowest BCUT2D eigenvalue weighted by Gasteiger charge is -2.27. The highest BCUT2D eigenvalue weighted by molar-refractivity contribution is 5.82. The maximum absolute atomic E-state index is 12.3. The van der Waals surface area contributed by atoms with Crippen LogP contribution >= 0.6 is 0 Å². The molecule has 0 aliphatic heterocycles. The molecule has 0 aromatic heterocycles. The van der Waals surface area contributed by atoms with Crippen molar-refractivity contribution < 1.29 is 19.2 Å². The van der Waals surface area contributed by atoms with Crippen molar-refractivity contribution in [1.29, 1.82) is 0 Å². The Morgan fingerprint density at radius 1 is 0.469 bits per heavy atom. The molecular weight excluding hydrogens is 412 g/mol. The molecule has 0 aliphatic carbocycles. The van der Waals surface area contributed by atoms with Crippen LogP contribution in [0.3, 0.4) is 0 Å². The Bertz CT molecular complexity index is 507. The van der Waals surface area contributed by atoms with Crippen molar-refractivity contribution in [2.75, 3.05) is 39.3 Å². The predicted octanol–water partition coefficient (Wildman–Crippen LogP) is -0.311. The average molecular weight is 457 g/mol. The zero-order chi connectivity index (χ0) is 24.8. The first-order valence-electron chi connectivity index (χ1n) is 11.4. The van der Waals surface area contributed by atoms with E-state index in [1.54, 1.807) is 9.80 Å². The van der Waals surface area contributed by atoms with Crippen LogP contribution in [-0.2, 0) is 19.2 Å². The van der Waals surface area contributed by atoms with Gasteiger partial charge >= 0.3 is 0 Å². The maximum atomic E-state index is 12.3. The Hall–Kier alpha value is -2.20. The number of carbonyl (C=O) groups excluding carboxylic acids is 4. The Labute approximate surface area is 193 Å². The second kappa shape index (κ2) is 15.6. The van der Waals surface area contributed by atoms with E-state index in [0.29, 0.717) is 13.1 Å². The molecule has 0 atom stereocenters. The van der Waals surface area contributed by atoms with Crippen LogP contribution in [0.5, 0.6) is 0 Å². The number of nitrogens with one attached hydrogen (secondary N) is 4. The van der Waals surface area contributed by atoms with E-state index in [2.05, 4.69) is 21.3 Å². The monoisotopic (exact) mass is 456 g/mol. The Morgan fingerprint density at radius 3 is 0.812 bits per heavy atom. The highest BCUT2D eigenvalue weighted by Gasteiger charge is 2.20. The summed E-state index contributed by atoms with van der Waals surface area (Å²) >= 11 is 0. The zero-order valence-corrected chi connectivity index (χ0v) is 21.1. The molecule has 10 nitrogen and oxygen atoms in total. The summed E-state index contributed by atoms with van der Waals surface area (Å²) in [5.41, 5.74) is 0. The molecule has 4 N–H and O–H groups in total. The first-order valence-corrected chi connectivity index (χ1v) is 11.4. The summed E-state index contributed by atoms with van der Waals surface area (Å²) < 4.78 is 0. The van der Waals surface area contributed by atoms with Crippen molar-refractivity contribution in [1.82, 2.24) is 31.1 Å². The molecule has 0 aromatic rings. The van der Waals surface area contributed by atoms with Crippen molar-refractivity contribution in [3.63, 3.8) is 0 Å². The van der Waals surface area contributed by atoms with Crippen LogP contribution in [0.25, 0.3) is 0 Å². The minimum absolute atomic E-state index is 0.00945. The second-order valence-corrected chi connectivity index (χ2v) is 9.31. The number of hydrogen-bond donors (Lipinski definition) is 4. The number of amides is 4. The minimum atomic E-state index is -0.181. The minimum Gasteiger partial charge on any atom is -0.353 e. The second-order valence-electron chi connectivity index (χ2n) is 9.31. The van der Waals surface area contributed by atoms with Crippen molar-refractivity contribution in [2.45, 2.75) is 79.6 Å². The SMILES string of the molecule is CC(C)NC(=O)CN(CCN(CC(=O)NC(C)C)CC(=O)NC(C)C)CC(=O)NC(C)C. The lowest BCUT2D eigenvalue weighted by molar-refractivity contribution is -0.128. The van der Waals surface area contributed by atoms with Crippen LogP contribution in [0.15, 0.2) is 0 Å². The summed E-state index contributed by atoms with van der Waals surface area (Å²) in [4.78, 5) is 52.6. The van der Waals surface area contributed by atoms with Gasteiger partial charge in [0.15, 0.2) is 0 Å². The fourth-order valence-corrected chi connectivity index (χ4v) is 2.99. The summed E-state index contributed by atoms with van der Waals surface area (Å²) in [7, 11) is 0. The standard InChI is InChI=1S/C22H44N6O4/c1-15(2)23-19(29)11-27(12-20(30)24-16(3)4)9-10-28(13-21(31)25-17(5)6)14-22(32)26-18(7)8/h15-18H,9-14H2,1-8H3,(H,23,29)(H,24,30)(H,25,31)(H,26,32). The average Bonchev–Trinajstić information content (AvgIpc) is 2.56. The van der Waals surface area contributed by atoms with Crippen LogP contribution in [0.4, 0.5) is 0 Å². The van der Waals surface area contributed by atoms with Gasteiger partial charge in [-0.3, -0.25) is 29.0 Å². The van der Waals surface area contributed by atoms with Gasteiger partial charge in [0.25, 0.3) is 0 Å². The summed E-state index contributed by atoms with van der Waals surface area (Å²) in [6, 6.07) is -0.0378. The van der Waals surface area contributed by atoms with Gasteiger partial charge in [0.2, 0.25) is 23.6 Å². The molecule has 0 unspecified atom stereocenters. The first kappa shape index (κ1) is 29.8. The largest absolute Gasteiger partial charge is 0.353 e. The fraction of sp³-hybridized carbons (Fsp3) is 0.818. The molecule has 0 bridgehead atoms. The van der Waals surface area contributed by atoms with Gasteiger partial charge in [-0.05, 0) is 55.4 Å². The zero-order valence-electron chi connectivity index (χ0n) is 21.1. The summed E-state index contributed by atoms with van der Waals surface area (Å²) in [5.74, 6) is -0.726. The fourth-order valence-electron chi connectivity index (χ4n) is 2.99. The highest BCUT2D eigenvalue weighted by Crippen LogP contribution is 1.97. The highest BCUT2D eigenvalue weighted by atomic mass is 16.2. The predicted molar refractivity (Wildman–Crippen MR) is 126 cm³/mol. The molecule has 0 saturated heterocycles. The third-order valence-electron chi connectivity index (χ3n) is 4.00. The van der Waals surface area contributed by atoms with E-state index in [9.17, 15) is 19.2 Å². The number of hydrogen-bond acceptors (Lipinski definition) is 6. The van der Waals surface area contributed by atoms with Gasteiger partial charge in [-0.2, -0.15) is 0 Å². The van der Waals surface area contributed by atoms with Crippen molar-refractivity contribution in [3.05, 3.63) is 0 Å². The third-order valence-corrected chi connectivity index (χ3v) is 4.00. The smallest absolute Gasteiger partial charge is 0.234 e.